The molecule has 3 nitrogen and oxygen atoms in total. The van der Waals surface area contributed by atoms with Crippen molar-refractivity contribution < 1.29 is 4.42 Å². The maximum Gasteiger partial charge on any atom is 0.417 e. The zero-order valence-corrected chi connectivity index (χ0v) is 10.3. The number of oxazole rings is 1. The van der Waals surface area contributed by atoms with Gasteiger partial charge in [0.1, 0.15) is 0 Å². The summed E-state index contributed by atoms with van der Waals surface area (Å²) in [5.74, 6) is -0.414. The zero-order valence-electron chi connectivity index (χ0n) is 10.3. The number of H-pyrrole nitrogens is 1. The largest absolute Gasteiger partial charge is 0.417 e. The second-order valence-electron chi connectivity index (χ2n) is 4.54. The van der Waals surface area contributed by atoms with E-state index in [-0.39, 0.29) is 0 Å². The first-order chi connectivity index (χ1) is 8.63. The summed E-state index contributed by atoms with van der Waals surface area (Å²) in [5, 5.41) is 0. The molecule has 3 rings (SSSR count). The van der Waals surface area contributed by atoms with Crippen LogP contribution in [0, 0.1) is 13.8 Å². The molecule has 1 aromatic heterocycles. The maximum atomic E-state index is 11.1. The molecule has 0 atom stereocenters. The van der Waals surface area contributed by atoms with Gasteiger partial charge >= 0.3 is 5.76 Å². The fraction of sp³-hybridized carbons (Fsp3) is 0.133. The van der Waals surface area contributed by atoms with Crippen molar-refractivity contribution in [1.29, 1.82) is 0 Å². The van der Waals surface area contributed by atoms with E-state index in [1.54, 1.807) is 0 Å². The normalized spacial score (nSPS) is 11.0. The van der Waals surface area contributed by atoms with E-state index >= 15 is 0 Å². The van der Waals surface area contributed by atoms with Gasteiger partial charge in [-0.25, -0.2) is 4.79 Å². The van der Waals surface area contributed by atoms with Gasteiger partial charge in [-0.3, -0.25) is 4.98 Å². The van der Waals surface area contributed by atoms with Gasteiger partial charge in [0.05, 0.1) is 5.52 Å². The van der Waals surface area contributed by atoms with Crippen LogP contribution < -0.4 is 5.76 Å². The van der Waals surface area contributed by atoms with E-state index in [0.29, 0.717) is 5.58 Å². The molecule has 2 aromatic carbocycles. The van der Waals surface area contributed by atoms with Crippen molar-refractivity contribution in [3.05, 3.63) is 58.1 Å². The monoisotopic (exact) mass is 239 g/mol. The first kappa shape index (κ1) is 10.8. The quantitative estimate of drug-likeness (QED) is 0.707. The number of aromatic amines is 1. The molecule has 0 aliphatic carbocycles. The van der Waals surface area contributed by atoms with Crippen LogP contribution in [0.5, 0.6) is 0 Å². The third-order valence-corrected chi connectivity index (χ3v) is 3.12. The van der Waals surface area contributed by atoms with Crippen molar-refractivity contribution in [3.8, 4) is 11.1 Å². The Hall–Kier alpha value is -2.29. The molecule has 0 aliphatic heterocycles. The van der Waals surface area contributed by atoms with Gasteiger partial charge in [-0.2, -0.15) is 0 Å². The molecule has 0 spiro atoms. The molecule has 0 saturated carbocycles. The zero-order chi connectivity index (χ0) is 12.7. The molecule has 0 unspecified atom stereocenters. The summed E-state index contributed by atoms with van der Waals surface area (Å²) < 4.78 is 5.00. The average Bonchev–Trinajstić information content (AvgIpc) is 2.71. The molecule has 18 heavy (non-hydrogen) atoms. The van der Waals surface area contributed by atoms with Gasteiger partial charge in [0.15, 0.2) is 5.58 Å². The lowest BCUT2D eigenvalue weighted by Gasteiger charge is -2.07. The Morgan fingerprint density at radius 1 is 1.06 bits per heavy atom. The van der Waals surface area contributed by atoms with Gasteiger partial charge in [-0.05, 0) is 42.7 Å². The van der Waals surface area contributed by atoms with E-state index in [2.05, 4.69) is 37.0 Å². The van der Waals surface area contributed by atoms with Crippen LogP contribution >= 0.6 is 0 Å². The van der Waals surface area contributed by atoms with Crippen molar-refractivity contribution in [2.75, 3.05) is 0 Å². The number of benzene rings is 2. The van der Waals surface area contributed by atoms with Gasteiger partial charge in [0.2, 0.25) is 0 Å². The highest BCUT2D eigenvalue weighted by molar-refractivity contribution is 5.81. The Labute approximate surface area is 104 Å². The molecule has 3 aromatic rings. The minimum Gasteiger partial charge on any atom is -0.408 e. The van der Waals surface area contributed by atoms with E-state index in [9.17, 15) is 4.79 Å². The average molecular weight is 239 g/mol. The minimum atomic E-state index is -0.414. The molecular weight excluding hydrogens is 226 g/mol. The van der Waals surface area contributed by atoms with Crippen LogP contribution in [0.15, 0.2) is 45.6 Å². The number of nitrogens with one attached hydrogen (secondary N) is 1. The van der Waals surface area contributed by atoms with E-state index in [1.807, 2.05) is 18.2 Å². The number of rotatable bonds is 1. The molecule has 0 radical (unpaired) electrons. The predicted octanol–water partition coefficient (Wildman–Crippen LogP) is 3.40. The summed E-state index contributed by atoms with van der Waals surface area (Å²) in [6, 6.07) is 12.1. The number of hydrogen-bond donors (Lipinski definition) is 1. The fourth-order valence-electron chi connectivity index (χ4n) is 2.17. The second kappa shape index (κ2) is 3.88. The van der Waals surface area contributed by atoms with Crippen LogP contribution in [0.2, 0.25) is 0 Å². The van der Waals surface area contributed by atoms with Crippen molar-refractivity contribution >= 4 is 11.1 Å². The van der Waals surface area contributed by atoms with Crippen LogP contribution in [-0.4, -0.2) is 4.98 Å². The smallest absolute Gasteiger partial charge is 0.408 e. The molecule has 0 saturated heterocycles. The Morgan fingerprint density at radius 3 is 2.72 bits per heavy atom. The number of fused-ring (bicyclic) bond motifs is 1. The van der Waals surface area contributed by atoms with Crippen LogP contribution in [0.3, 0.4) is 0 Å². The van der Waals surface area contributed by atoms with Crippen LogP contribution in [0.4, 0.5) is 0 Å². The summed E-state index contributed by atoms with van der Waals surface area (Å²) in [6.07, 6.45) is 0. The van der Waals surface area contributed by atoms with E-state index < -0.39 is 5.76 Å². The standard InChI is InChI=1S/C15H13NO2/c1-9-3-4-10(2)12(7-9)11-5-6-14-13(8-11)16-15(17)18-14/h3-8H,1-2H3,(H,16,17). The second-order valence-corrected chi connectivity index (χ2v) is 4.54. The molecule has 0 amide bonds. The molecule has 3 heteroatoms. The van der Waals surface area contributed by atoms with Crippen molar-refractivity contribution in [2.24, 2.45) is 0 Å². The molecule has 90 valence electrons. The Morgan fingerprint density at radius 2 is 1.89 bits per heavy atom. The lowest BCUT2D eigenvalue weighted by Crippen LogP contribution is -1.93. The van der Waals surface area contributed by atoms with E-state index in [4.69, 9.17) is 4.42 Å². The van der Waals surface area contributed by atoms with E-state index in [0.717, 1.165) is 11.1 Å². The first-order valence-corrected chi connectivity index (χ1v) is 5.84. The highest BCUT2D eigenvalue weighted by Crippen LogP contribution is 2.26. The number of hydrogen-bond acceptors (Lipinski definition) is 2. The highest BCUT2D eigenvalue weighted by atomic mass is 16.4. The lowest BCUT2D eigenvalue weighted by atomic mass is 9.98. The van der Waals surface area contributed by atoms with Crippen molar-refractivity contribution in [2.45, 2.75) is 13.8 Å². The fourth-order valence-corrected chi connectivity index (χ4v) is 2.17. The Kier molecular flexibility index (Phi) is 2.33. The molecule has 0 aliphatic rings. The summed E-state index contributed by atoms with van der Waals surface area (Å²) in [4.78, 5) is 13.8. The summed E-state index contributed by atoms with van der Waals surface area (Å²) >= 11 is 0. The van der Waals surface area contributed by atoms with Crippen molar-refractivity contribution in [3.63, 3.8) is 0 Å². The highest BCUT2D eigenvalue weighted by Gasteiger charge is 2.06. The van der Waals surface area contributed by atoms with Gasteiger partial charge < -0.3 is 4.42 Å². The van der Waals surface area contributed by atoms with Crippen LogP contribution in [0.1, 0.15) is 11.1 Å². The van der Waals surface area contributed by atoms with Crippen molar-refractivity contribution in [1.82, 2.24) is 4.98 Å². The Bertz CT molecular complexity index is 781. The molecule has 1 heterocycles. The van der Waals surface area contributed by atoms with Crippen LogP contribution in [0.25, 0.3) is 22.2 Å². The number of aromatic nitrogens is 1. The third kappa shape index (κ3) is 1.74. The van der Waals surface area contributed by atoms with Crippen LogP contribution in [-0.2, 0) is 0 Å². The molecule has 0 fully saturated rings. The lowest BCUT2D eigenvalue weighted by molar-refractivity contribution is 0.555. The van der Waals surface area contributed by atoms with E-state index in [1.165, 1.54) is 16.7 Å². The maximum absolute atomic E-state index is 11.1. The summed E-state index contributed by atoms with van der Waals surface area (Å²) in [5.41, 5.74) is 6.02. The SMILES string of the molecule is Cc1ccc(C)c(-c2ccc3oc(=O)[nH]c3c2)c1. The number of aryl methyl sites for hydroxylation is 2. The summed E-state index contributed by atoms with van der Waals surface area (Å²) in [7, 11) is 0. The van der Waals surface area contributed by atoms with Gasteiger partial charge in [0, 0.05) is 0 Å². The minimum absolute atomic E-state index is 0.414. The molecular formula is C15H13NO2. The van der Waals surface area contributed by atoms with Gasteiger partial charge in [-0.15, -0.1) is 0 Å². The molecule has 0 bridgehead atoms. The predicted molar refractivity (Wildman–Crippen MR) is 71.7 cm³/mol. The Balaban J connectivity index is 2.24. The third-order valence-electron chi connectivity index (χ3n) is 3.12. The topological polar surface area (TPSA) is 46.0 Å². The first-order valence-electron chi connectivity index (χ1n) is 5.84. The molecule has 1 N–H and O–H groups in total. The van der Waals surface area contributed by atoms with Gasteiger partial charge in [-0.1, -0.05) is 29.8 Å². The summed E-state index contributed by atoms with van der Waals surface area (Å²) in [6.45, 7) is 4.15. The van der Waals surface area contributed by atoms with Gasteiger partial charge in [0.25, 0.3) is 0 Å².